The van der Waals surface area contributed by atoms with Gasteiger partial charge in [-0.1, -0.05) is 29.8 Å². The molecule has 0 saturated carbocycles. The van der Waals surface area contributed by atoms with Gasteiger partial charge in [-0.05, 0) is 62.9 Å². The van der Waals surface area contributed by atoms with E-state index in [2.05, 4.69) is 68.7 Å². The number of aromatic nitrogens is 2. The van der Waals surface area contributed by atoms with Crippen molar-refractivity contribution in [3.63, 3.8) is 0 Å². The molecule has 0 amide bonds. The molecule has 0 aliphatic rings. The topological polar surface area (TPSA) is 43.8 Å². The van der Waals surface area contributed by atoms with Crippen LogP contribution in [0.1, 0.15) is 41.0 Å². The van der Waals surface area contributed by atoms with Gasteiger partial charge in [0.05, 0.1) is 11.0 Å². The zero-order valence-corrected chi connectivity index (χ0v) is 15.1. The summed E-state index contributed by atoms with van der Waals surface area (Å²) in [5, 5.41) is 0. The molecule has 3 rings (SSSR count). The van der Waals surface area contributed by atoms with Crippen LogP contribution in [-0.4, -0.2) is 16.1 Å². The summed E-state index contributed by atoms with van der Waals surface area (Å²) < 4.78 is 2.33. The van der Waals surface area contributed by atoms with E-state index in [0.717, 1.165) is 24.2 Å². The molecule has 0 spiro atoms. The zero-order valence-electron chi connectivity index (χ0n) is 15.1. The Hall–Kier alpha value is -2.13. The maximum atomic E-state index is 5.97. The molecule has 126 valence electrons. The first-order valence-electron chi connectivity index (χ1n) is 8.73. The molecule has 3 heteroatoms. The van der Waals surface area contributed by atoms with E-state index in [0.29, 0.717) is 6.54 Å². The molecule has 1 aromatic heterocycles. The molecule has 0 bridgehead atoms. The van der Waals surface area contributed by atoms with Crippen LogP contribution in [0.4, 0.5) is 0 Å². The molecular weight excluding hydrogens is 294 g/mol. The summed E-state index contributed by atoms with van der Waals surface area (Å²) in [6.07, 6.45) is 1.93. The van der Waals surface area contributed by atoms with Crippen LogP contribution in [0.3, 0.4) is 0 Å². The van der Waals surface area contributed by atoms with E-state index >= 15 is 0 Å². The van der Waals surface area contributed by atoms with Crippen LogP contribution in [0, 0.1) is 20.8 Å². The van der Waals surface area contributed by atoms with Crippen LogP contribution in [0.5, 0.6) is 0 Å². The number of fused-ring (bicyclic) bond motifs is 1. The van der Waals surface area contributed by atoms with Crippen molar-refractivity contribution in [1.29, 1.82) is 0 Å². The van der Waals surface area contributed by atoms with Crippen molar-refractivity contribution in [2.45, 2.75) is 46.6 Å². The van der Waals surface area contributed by atoms with Crippen LogP contribution >= 0.6 is 0 Å². The van der Waals surface area contributed by atoms with E-state index in [1.807, 2.05) is 0 Å². The predicted molar refractivity (Wildman–Crippen MR) is 102 cm³/mol. The number of benzene rings is 2. The average Bonchev–Trinajstić information content (AvgIpc) is 2.91. The largest absolute Gasteiger partial charge is 0.328 e. The number of nitrogens with two attached hydrogens (primary N) is 1. The summed E-state index contributed by atoms with van der Waals surface area (Å²) in [6.45, 7) is 9.22. The summed E-state index contributed by atoms with van der Waals surface area (Å²) in [6, 6.07) is 13.5. The first kappa shape index (κ1) is 16.7. The fraction of sp³-hybridized carbons (Fsp3) is 0.381. The second kappa shape index (κ2) is 6.78. The molecule has 1 atom stereocenters. The highest BCUT2D eigenvalue weighted by Crippen LogP contribution is 2.25. The van der Waals surface area contributed by atoms with Crippen molar-refractivity contribution in [2.24, 2.45) is 5.73 Å². The lowest BCUT2D eigenvalue weighted by molar-refractivity contribution is 0.546. The van der Waals surface area contributed by atoms with Crippen LogP contribution in [0.25, 0.3) is 11.0 Å². The number of rotatable bonds is 5. The maximum absolute atomic E-state index is 5.97. The molecule has 2 aromatic carbocycles. The minimum Gasteiger partial charge on any atom is -0.328 e. The molecule has 1 heterocycles. The molecule has 0 aliphatic carbocycles. The van der Waals surface area contributed by atoms with E-state index in [1.54, 1.807) is 0 Å². The minimum atomic E-state index is 0.255. The maximum Gasteiger partial charge on any atom is 0.110 e. The SMILES string of the molecule is Cc1ccc(CCc2nc3cc(C)c(C)cc3n2C(C)CN)cc1. The van der Waals surface area contributed by atoms with Gasteiger partial charge in [0, 0.05) is 19.0 Å². The monoisotopic (exact) mass is 321 g/mol. The zero-order chi connectivity index (χ0) is 17.3. The Morgan fingerprint density at radius 3 is 2.33 bits per heavy atom. The van der Waals surface area contributed by atoms with Crippen LogP contribution in [0.15, 0.2) is 36.4 Å². The van der Waals surface area contributed by atoms with Gasteiger partial charge in [0.2, 0.25) is 0 Å². The molecule has 1 unspecified atom stereocenters. The average molecular weight is 321 g/mol. The van der Waals surface area contributed by atoms with Gasteiger partial charge in [0.25, 0.3) is 0 Å². The van der Waals surface area contributed by atoms with Crippen molar-refractivity contribution < 1.29 is 0 Å². The van der Waals surface area contributed by atoms with Gasteiger partial charge in [-0.3, -0.25) is 0 Å². The first-order valence-corrected chi connectivity index (χ1v) is 8.73. The van der Waals surface area contributed by atoms with Crippen molar-refractivity contribution >= 4 is 11.0 Å². The Bertz CT molecular complexity index is 844. The number of hydrogen-bond donors (Lipinski definition) is 1. The highest BCUT2D eigenvalue weighted by atomic mass is 15.1. The standard InChI is InChI=1S/C21H27N3/c1-14-5-7-18(8-6-14)9-10-21-23-19-11-15(2)16(3)12-20(19)24(21)17(4)13-22/h5-8,11-12,17H,9-10,13,22H2,1-4H3. The molecule has 2 N–H and O–H groups in total. The van der Waals surface area contributed by atoms with E-state index in [4.69, 9.17) is 10.7 Å². The van der Waals surface area contributed by atoms with Crippen LogP contribution in [0.2, 0.25) is 0 Å². The molecule has 0 saturated heterocycles. The molecule has 24 heavy (non-hydrogen) atoms. The van der Waals surface area contributed by atoms with Gasteiger partial charge in [-0.2, -0.15) is 0 Å². The number of hydrogen-bond acceptors (Lipinski definition) is 2. The lowest BCUT2D eigenvalue weighted by Gasteiger charge is -2.16. The quantitative estimate of drug-likeness (QED) is 0.763. The summed E-state index contributed by atoms with van der Waals surface area (Å²) in [5.74, 6) is 1.13. The van der Waals surface area contributed by atoms with Gasteiger partial charge in [-0.25, -0.2) is 4.98 Å². The molecule has 0 radical (unpaired) electrons. The molecule has 0 aliphatic heterocycles. The summed E-state index contributed by atoms with van der Waals surface area (Å²) in [7, 11) is 0. The molecule has 0 fully saturated rings. The third kappa shape index (κ3) is 3.22. The van der Waals surface area contributed by atoms with Crippen LogP contribution < -0.4 is 5.73 Å². The van der Waals surface area contributed by atoms with Crippen molar-refractivity contribution in [2.75, 3.05) is 6.54 Å². The third-order valence-electron chi connectivity index (χ3n) is 4.92. The van der Waals surface area contributed by atoms with Gasteiger partial charge in [-0.15, -0.1) is 0 Å². The highest BCUT2D eigenvalue weighted by molar-refractivity contribution is 5.78. The van der Waals surface area contributed by atoms with Crippen molar-refractivity contribution in [3.05, 3.63) is 64.5 Å². The summed E-state index contributed by atoms with van der Waals surface area (Å²) in [5.41, 5.74) is 13.5. The fourth-order valence-electron chi connectivity index (χ4n) is 3.18. The Balaban J connectivity index is 1.97. The predicted octanol–water partition coefficient (Wildman–Crippen LogP) is 4.27. The van der Waals surface area contributed by atoms with Gasteiger partial charge >= 0.3 is 0 Å². The van der Waals surface area contributed by atoms with E-state index in [-0.39, 0.29) is 6.04 Å². The highest BCUT2D eigenvalue weighted by Gasteiger charge is 2.16. The van der Waals surface area contributed by atoms with E-state index in [9.17, 15) is 0 Å². The van der Waals surface area contributed by atoms with Crippen molar-refractivity contribution in [3.8, 4) is 0 Å². The Morgan fingerprint density at radius 2 is 1.67 bits per heavy atom. The van der Waals surface area contributed by atoms with Gasteiger partial charge < -0.3 is 10.3 Å². The Morgan fingerprint density at radius 1 is 1.00 bits per heavy atom. The van der Waals surface area contributed by atoms with Gasteiger partial charge in [0.15, 0.2) is 0 Å². The minimum absolute atomic E-state index is 0.255. The van der Waals surface area contributed by atoms with E-state index in [1.165, 1.54) is 27.8 Å². The third-order valence-corrected chi connectivity index (χ3v) is 4.92. The molecule has 3 nitrogen and oxygen atoms in total. The van der Waals surface area contributed by atoms with Crippen molar-refractivity contribution in [1.82, 2.24) is 9.55 Å². The lowest BCUT2D eigenvalue weighted by atomic mass is 10.1. The summed E-state index contributed by atoms with van der Waals surface area (Å²) in [4.78, 5) is 4.92. The first-order chi connectivity index (χ1) is 11.5. The number of aryl methyl sites for hydroxylation is 5. The second-order valence-electron chi connectivity index (χ2n) is 6.89. The van der Waals surface area contributed by atoms with E-state index < -0.39 is 0 Å². The number of imidazole rings is 1. The molecular formula is C21H27N3. The normalized spacial score (nSPS) is 12.7. The fourth-order valence-corrected chi connectivity index (χ4v) is 3.18. The second-order valence-corrected chi connectivity index (χ2v) is 6.89. The molecule has 3 aromatic rings. The Labute approximate surface area is 144 Å². The smallest absolute Gasteiger partial charge is 0.110 e. The lowest BCUT2D eigenvalue weighted by Crippen LogP contribution is -2.18. The number of nitrogens with zero attached hydrogens (tertiary/aromatic N) is 2. The summed E-state index contributed by atoms with van der Waals surface area (Å²) >= 11 is 0. The van der Waals surface area contributed by atoms with Crippen LogP contribution in [-0.2, 0) is 12.8 Å². The van der Waals surface area contributed by atoms with Gasteiger partial charge in [0.1, 0.15) is 5.82 Å². The Kier molecular flexibility index (Phi) is 4.72.